The molecule has 0 radical (unpaired) electrons. The Balaban J connectivity index is 3.41. The number of unbranched alkanes of at least 4 members (excludes halogenated alkanes) is 2. The average molecular weight is 459 g/mol. The topological polar surface area (TPSA) is 115 Å². The molecule has 0 saturated carbocycles. The summed E-state index contributed by atoms with van der Waals surface area (Å²) in [6.45, 7) is 0. The summed E-state index contributed by atoms with van der Waals surface area (Å²) in [4.78, 5) is 0. The molecule has 0 spiro atoms. The zero-order valence-electron chi connectivity index (χ0n) is 13.3. The Labute approximate surface area is 164 Å². The first-order valence-electron chi connectivity index (χ1n) is 7.43. The van der Waals surface area contributed by atoms with E-state index in [-0.39, 0.29) is 0 Å². The van der Waals surface area contributed by atoms with Crippen LogP contribution in [0.1, 0.15) is 25.7 Å². The summed E-state index contributed by atoms with van der Waals surface area (Å²) in [5.74, 6) is 3.22. The van der Waals surface area contributed by atoms with Gasteiger partial charge in [0.1, 0.15) is 0 Å². The molecule has 0 aliphatic rings. The quantitative estimate of drug-likeness (QED) is 0.147. The minimum absolute atomic E-state index is 0.305. The lowest BCUT2D eigenvalue weighted by atomic mass is 10.3. The van der Waals surface area contributed by atoms with Gasteiger partial charge in [0, 0.05) is 34.5 Å². The Kier molecular flexibility index (Phi) is 19.1. The van der Waals surface area contributed by atoms with Crippen LogP contribution in [-0.2, 0) is 22.2 Å². The van der Waals surface area contributed by atoms with Crippen LogP contribution in [0.4, 0.5) is 0 Å². The molecule has 0 aromatic heterocycles. The van der Waals surface area contributed by atoms with Gasteiger partial charge < -0.3 is 19.3 Å². The lowest BCUT2D eigenvalue weighted by Gasteiger charge is -2.16. The van der Waals surface area contributed by atoms with E-state index in [0.717, 1.165) is 24.3 Å². The van der Waals surface area contributed by atoms with Crippen LogP contribution in [0.2, 0.25) is 0 Å². The van der Waals surface area contributed by atoms with Crippen LogP contribution in [0.5, 0.6) is 0 Å². The average Bonchev–Trinajstić information content (AvgIpc) is 2.51. The summed E-state index contributed by atoms with van der Waals surface area (Å²) in [5, 5.41) is 19.7. The van der Waals surface area contributed by atoms with Crippen molar-refractivity contribution in [3.05, 3.63) is 0 Å². The van der Waals surface area contributed by atoms with Gasteiger partial charge in [-0.15, -0.1) is 0 Å². The molecule has 0 fully saturated rings. The van der Waals surface area contributed by atoms with Crippen molar-refractivity contribution in [3.8, 4) is 0 Å². The molecular weight excluding hydrogens is 433 g/mol. The lowest BCUT2D eigenvalue weighted by Crippen LogP contribution is -2.29. The summed E-state index contributed by atoms with van der Waals surface area (Å²) < 4.78 is 38.1. The van der Waals surface area contributed by atoms with Crippen molar-refractivity contribution in [1.29, 1.82) is 0 Å². The van der Waals surface area contributed by atoms with E-state index in [4.69, 9.17) is 9.11 Å². The van der Waals surface area contributed by atoms with Gasteiger partial charge in [0.05, 0.1) is 12.2 Å². The number of aliphatic hydroxyl groups excluding tert-OH is 2. The third-order valence-electron chi connectivity index (χ3n) is 2.68. The highest BCUT2D eigenvalue weighted by atomic mass is 33.1. The molecule has 0 aliphatic carbocycles. The second-order valence-electron chi connectivity index (χ2n) is 4.81. The van der Waals surface area contributed by atoms with E-state index in [9.17, 15) is 18.6 Å². The van der Waals surface area contributed by atoms with Gasteiger partial charge in [-0.3, -0.25) is 0 Å². The highest BCUT2D eigenvalue weighted by molar-refractivity contribution is 8.77. The first-order chi connectivity index (χ1) is 11.4. The lowest BCUT2D eigenvalue weighted by molar-refractivity contribution is 0.0503. The standard InChI is InChI=1S/C12H26O6S6/c13-11(9-21-19-5-1-3-7-23(15)16)12(14)10-22-20-6-2-4-8-24(17)18/h11-14H,1-10H2,(H,15,16)(H,17,18)/t11-,12+. The van der Waals surface area contributed by atoms with Crippen molar-refractivity contribution < 1.29 is 27.7 Å². The summed E-state index contributed by atoms with van der Waals surface area (Å²) in [5.41, 5.74) is 0. The maximum absolute atomic E-state index is 10.5. The highest BCUT2D eigenvalue weighted by Crippen LogP contribution is 2.27. The van der Waals surface area contributed by atoms with Crippen molar-refractivity contribution in [2.24, 2.45) is 0 Å². The van der Waals surface area contributed by atoms with Crippen molar-refractivity contribution >= 4 is 65.3 Å². The van der Waals surface area contributed by atoms with Crippen molar-refractivity contribution in [1.82, 2.24) is 0 Å². The van der Waals surface area contributed by atoms with Gasteiger partial charge in [0.25, 0.3) is 0 Å². The number of hydrogen-bond donors (Lipinski definition) is 4. The van der Waals surface area contributed by atoms with Gasteiger partial charge >= 0.3 is 0 Å². The smallest absolute Gasteiger partial charge is 0.152 e. The summed E-state index contributed by atoms with van der Waals surface area (Å²) >= 11 is -3.43. The maximum atomic E-state index is 10.5. The molecule has 0 aromatic rings. The largest absolute Gasteiger partial charge is 0.390 e. The first-order valence-corrected chi connectivity index (χ1v) is 15.0. The second kappa shape index (κ2) is 17.9. The summed E-state index contributed by atoms with van der Waals surface area (Å²) in [7, 11) is 6.20. The fourth-order valence-electron chi connectivity index (χ4n) is 1.35. The SMILES string of the molecule is O=S(O)CCCCSSC[C@@H](O)[C@@H](O)CSSCCCCS(=O)O. The van der Waals surface area contributed by atoms with Crippen LogP contribution in [0, 0.1) is 0 Å². The van der Waals surface area contributed by atoms with Crippen LogP contribution < -0.4 is 0 Å². The van der Waals surface area contributed by atoms with Crippen molar-refractivity contribution in [2.75, 3.05) is 34.5 Å². The summed E-state index contributed by atoms with van der Waals surface area (Å²) in [6.07, 6.45) is 1.61. The Morgan fingerprint density at radius 3 is 1.38 bits per heavy atom. The van der Waals surface area contributed by atoms with E-state index in [2.05, 4.69) is 0 Å². The molecule has 0 heterocycles. The molecule has 0 aromatic carbocycles. The van der Waals surface area contributed by atoms with Crippen LogP contribution >= 0.6 is 43.2 Å². The van der Waals surface area contributed by atoms with Gasteiger partial charge in [0.2, 0.25) is 0 Å². The number of hydrogen-bond acceptors (Lipinski definition) is 8. The normalized spacial score (nSPS) is 16.7. The van der Waals surface area contributed by atoms with Crippen LogP contribution in [-0.4, -0.2) is 74.5 Å². The molecule has 0 aliphatic heterocycles. The monoisotopic (exact) mass is 458 g/mol. The third-order valence-corrected chi connectivity index (χ3v) is 8.97. The molecule has 0 bridgehead atoms. The van der Waals surface area contributed by atoms with Gasteiger partial charge in [-0.25, -0.2) is 8.42 Å². The van der Waals surface area contributed by atoms with E-state index in [1.807, 2.05) is 0 Å². The van der Waals surface area contributed by atoms with E-state index in [1.54, 1.807) is 21.6 Å². The zero-order chi connectivity index (χ0) is 18.2. The van der Waals surface area contributed by atoms with Crippen LogP contribution in [0.25, 0.3) is 0 Å². The van der Waals surface area contributed by atoms with Crippen LogP contribution in [0.3, 0.4) is 0 Å². The Morgan fingerprint density at radius 2 is 1.04 bits per heavy atom. The second-order valence-corrected chi connectivity index (χ2v) is 12.2. The number of rotatable bonds is 17. The fourth-order valence-corrected chi connectivity index (χ4v) is 6.87. The van der Waals surface area contributed by atoms with Gasteiger partial charge in [-0.05, 0) is 25.7 Å². The molecule has 6 nitrogen and oxygen atoms in total. The maximum Gasteiger partial charge on any atom is 0.152 e. The van der Waals surface area contributed by atoms with Gasteiger partial charge in [-0.2, -0.15) is 0 Å². The molecule has 24 heavy (non-hydrogen) atoms. The van der Waals surface area contributed by atoms with Gasteiger partial charge in [-0.1, -0.05) is 43.2 Å². The molecule has 4 N–H and O–H groups in total. The molecule has 4 atom stereocenters. The highest BCUT2D eigenvalue weighted by Gasteiger charge is 2.16. The summed E-state index contributed by atoms with van der Waals surface area (Å²) in [6, 6.07) is 0. The molecule has 0 amide bonds. The van der Waals surface area contributed by atoms with Crippen molar-refractivity contribution in [3.63, 3.8) is 0 Å². The predicted octanol–water partition coefficient (Wildman–Crippen LogP) is 2.47. The van der Waals surface area contributed by atoms with Crippen molar-refractivity contribution in [2.45, 2.75) is 37.9 Å². The molecule has 2 unspecified atom stereocenters. The predicted molar refractivity (Wildman–Crippen MR) is 112 cm³/mol. The molecule has 146 valence electrons. The van der Waals surface area contributed by atoms with E-state index in [1.165, 1.54) is 21.6 Å². The molecular formula is C12H26O6S6. The zero-order valence-corrected chi connectivity index (χ0v) is 18.2. The Bertz CT molecular complexity index is 316. The van der Waals surface area contributed by atoms with E-state index in [0.29, 0.717) is 35.9 Å². The number of aliphatic hydroxyl groups is 2. The van der Waals surface area contributed by atoms with E-state index < -0.39 is 34.4 Å². The fraction of sp³-hybridized carbons (Fsp3) is 1.00. The third kappa shape index (κ3) is 18.3. The molecule has 0 rings (SSSR count). The Morgan fingerprint density at radius 1 is 0.667 bits per heavy atom. The minimum atomic E-state index is -1.71. The van der Waals surface area contributed by atoms with Crippen LogP contribution in [0.15, 0.2) is 0 Å². The van der Waals surface area contributed by atoms with Gasteiger partial charge in [0.15, 0.2) is 22.2 Å². The molecule has 0 saturated heterocycles. The van der Waals surface area contributed by atoms with E-state index >= 15 is 0 Å². The first kappa shape index (κ1) is 25.5. The Hall–Kier alpha value is 1.54. The molecule has 12 heteroatoms. The minimum Gasteiger partial charge on any atom is -0.390 e.